The summed E-state index contributed by atoms with van der Waals surface area (Å²) < 4.78 is 5.05. The van der Waals surface area contributed by atoms with E-state index in [1.807, 2.05) is 6.92 Å². The van der Waals surface area contributed by atoms with Crippen molar-refractivity contribution in [1.29, 1.82) is 0 Å². The monoisotopic (exact) mass is 261 g/mol. The predicted octanol–water partition coefficient (Wildman–Crippen LogP) is 2.63. The summed E-state index contributed by atoms with van der Waals surface area (Å²) in [5.74, 6) is -0.559. The summed E-state index contributed by atoms with van der Waals surface area (Å²) in [6, 6.07) is 6.61. The minimum absolute atomic E-state index is 0.195. The van der Waals surface area contributed by atoms with E-state index in [4.69, 9.17) is 4.42 Å². The van der Waals surface area contributed by atoms with Crippen LogP contribution in [0.1, 0.15) is 26.2 Å². The molecule has 1 aromatic carbocycles. The molecule has 5 heteroatoms. The van der Waals surface area contributed by atoms with Crippen molar-refractivity contribution in [2.24, 2.45) is 0 Å². The van der Waals surface area contributed by atoms with Crippen LogP contribution in [0.25, 0.3) is 11.0 Å². The number of para-hydroxylation sites is 1. The number of hydrogen-bond acceptors (Lipinski definition) is 4. The number of anilines is 1. The largest absolute Gasteiger partial charge is 0.505 e. The van der Waals surface area contributed by atoms with E-state index >= 15 is 0 Å². The van der Waals surface area contributed by atoms with Gasteiger partial charge in [0.05, 0.1) is 5.39 Å². The zero-order valence-electron chi connectivity index (χ0n) is 10.6. The van der Waals surface area contributed by atoms with Gasteiger partial charge in [-0.05, 0) is 18.6 Å². The first-order valence-electron chi connectivity index (χ1n) is 6.18. The minimum atomic E-state index is -0.749. The van der Waals surface area contributed by atoms with E-state index in [2.05, 4.69) is 5.32 Å². The molecule has 5 nitrogen and oxygen atoms in total. The third kappa shape index (κ3) is 2.76. The van der Waals surface area contributed by atoms with Gasteiger partial charge in [-0.25, -0.2) is 4.79 Å². The van der Waals surface area contributed by atoms with Gasteiger partial charge in [0.15, 0.2) is 11.4 Å². The molecular weight excluding hydrogens is 246 g/mol. The predicted molar refractivity (Wildman–Crippen MR) is 72.3 cm³/mol. The van der Waals surface area contributed by atoms with Gasteiger partial charge in [-0.3, -0.25) is 4.79 Å². The fourth-order valence-corrected chi connectivity index (χ4v) is 1.78. The molecule has 0 aliphatic rings. The molecule has 1 aromatic heterocycles. The van der Waals surface area contributed by atoms with Crippen LogP contribution in [0.4, 0.5) is 5.69 Å². The van der Waals surface area contributed by atoms with Crippen LogP contribution in [0, 0.1) is 0 Å². The number of carbonyl (C=O) groups excluding carboxylic acids is 1. The van der Waals surface area contributed by atoms with Crippen LogP contribution in [0.3, 0.4) is 0 Å². The lowest BCUT2D eigenvalue weighted by Crippen LogP contribution is -2.17. The molecular formula is C14H15NO4. The Bertz CT molecular complexity index is 660. The molecule has 2 N–H and O–H groups in total. The standard InChI is InChI=1S/C14H15NO4/c1-2-3-8-11(16)15-12-13(17)9-6-4-5-7-10(9)19-14(12)18/h4-7,17H,2-3,8H2,1H3,(H,15,16). The van der Waals surface area contributed by atoms with Gasteiger partial charge in [-0.1, -0.05) is 25.5 Å². The minimum Gasteiger partial charge on any atom is -0.505 e. The van der Waals surface area contributed by atoms with Gasteiger partial charge in [0.25, 0.3) is 0 Å². The van der Waals surface area contributed by atoms with Gasteiger partial charge in [-0.2, -0.15) is 0 Å². The van der Waals surface area contributed by atoms with Crippen molar-refractivity contribution in [3.8, 4) is 5.75 Å². The third-order valence-corrected chi connectivity index (χ3v) is 2.81. The first-order valence-corrected chi connectivity index (χ1v) is 6.18. The number of aromatic hydroxyl groups is 1. The number of amides is 1. The number of hydrogen-bond donors (Lipinski definition) is 2. The summed E-state index contributed by atoms with van der Waals surface area (Å²) in [7, 11) is 0. The smallest absolute Gasteiger partial charge is 0.364 e. The Morgan fingerprint density at radius 1 is 1.37 bits per heavy atom. The molecule has 100 valence electrons. The second kappa shape index (κ2) is 5.56. The van der Waals surface area contributed by atoms with Crippen LogP contribution in [0.5, 0.6) is 5.75 Å². The maximum absolute atomic E-state index is 11.7. The lowest BCUT2D eigenvalue weighted by atomic mass is 10.2. The van der Waals surface area contributed by atoms with Crippen LogP contribution in [-0.4, -0.2) is 11.0 Å². The Balaban J connectivity index is 2.38. The van der Waals surface area contributed by atoms with Crippen LogP contribution < -0.4 is 10.9 Å². The van der Waals surface area contributed by atoms with Gasteiger partial charge in [0.2, 0.25) is 5.91 Å². The van der Waals surface area contributed by atoms with Crippen LogP contribution in [0.2, 0.25) is 0 Å². The maximum Gasteiger partial charge on any atom is 0.364 e. The summed E-state index contributed by atoms with van der Waals surface area (Å²) in [5, 5.41) is 12.8. The number of benzene rings is 1. The average Bonchev–Trinajstić information content (AvgIpc) is 2.41. The molecule has 2 aromatic rings. The Morgan fingerprint density at radius 2 is 2.11 bits per heavy atom. The van der Waals surface area contributed by atoms with Crippen molar-refractivity contribution < 1.29 is 14.3 Å². The van der Waals surface area contributed by atoms with E-state index in [1.165, 1.54) is 0 Å². The van der Waals surface area contributed by atoms with Crippen molar-refractivity contribution in [2.45, 2.75) is 26.2 Å². The highest BCUT2D eigenvalue weighted by atomic mass is 16.4. The molecule has 2 rings (SSSR count). The number of carbonyl (C=O) groups is 1. The number of nitrogens with one attached hydrogen (secondary N) is 1. The van der Waals surface area contributed by atoms with Crippen LogP contribution >= 0.6 is 0 Å². The summed E-state index contributed by atoms with van der Waals surface area (Å²) in [6.07, 6.45) is 1.92. The van der Waals surface area contributed by atoms with Gasteiger partial charge in [0, 0.05) is 6.42 Å². The van der Waals surface area contributed by atoms with E-state index in [1.54, 1.807) is 24.3 Å². The Labute approximate surface area is 109 Å². The second-order valence-corrected chi connectivity index (χ2v) is 4.26. The van der Waals surface area contributed by atoms with Gasteiger partial charge < -0.3 is 14.8 Å². The lowest BCUT2D eigenvalue weighted by molar-refractivity contribution is -0.116. The maximum atomic E-state index is 11.7. The summed E-state index contributed by atoms with van der Waals surface area (Å²) in [5.41, 5.74) is -0.655. The van der Waals surface area contributed by atoms with Crippen LogP contribution in [-0.2, 0) is 4.79 Å². The first-order chi connectivity index (χ1) is 9.13. The number of fused-ring (bicyclic) bond motifs is 1. The molecule has 0 atom stereocenters. The highest BCUT2D eigenvalue weighted by Gasteiger charge is 2.15. The highest BCUT2D eigenvalue weighted by molar-refractivity contribution is 5.96. The van der Waals surface area contributed by atoms with Crippen molar-refractivity contribution in [3.63, 3.8) is 0 Å². The fraction of sp³-hybridized carbons (Fsp3) is 0.286. The van der Waals surface area contributed by atoms with Gasteiger partial charge in [0.1, 0.15) is 5.58 Å². The molecule has 0 aliphatic carbocycles. The topological polar surface area (TPSA) is 79.5 Å². The first kappa shape index (κ1) is 13.1. The third-order valence-electron chi connectivity index (χ3n) is 2.81. The molecule has 0 radical (unpaired) electrons. The van der Waals surface area contributed by atoms with Crippen LogP contribution in [0.15, 0.2) is 33.5 Å². The molecule has 0 aliphatic heterocycles. The van der Waals surface area contributed by atoms with E-state index in [-0.39, 0.29) is 22.9 Å². The molecule has 1 amide bonds. The summed E-state index contributed by atoms with van der Waals surface area (Å²) in [6.45, 7) is 1.97. The molecule has 0 spiro atoms. The van der Waals surface area contributed by atoms with E-state index in [0.717, 1.165) is 12.8 Å². The molecule has 0 unspecified atom stereocenters. The molecule has 0 saturated heterocycles. The zero-order valence-corrected chi connectivity index (χ0v) is 10.6. The number of unbranched alkanes of at least 4 members (excludes halogenated alkanes) is 1. The van der Waals surface area contributed by atoms with Crippen molar-refractivity contribution in [1.82, 2.24) is 0 Å². The second-order valence-electron chi connectivity index (χ2n) is 4.26. The van der Waals surface area contributed by atoms with Crippen molar-refractivity contribution >= 4 is 22.6 Å². The quantitative estimate of drug-likeness (QED) is 0.829. The fourth-order valence-electron chi connectivity index (χ4n) is 1.78. The molecule has 0 bridgehead atoms. The van der Waals surface area contributed by atoms with E-state index in [0.29, 0.717) is 11.8 Å². The van der Waals surface area contributed by atoms with E-state index < -0.39 is 5.63 Å². The number of rotatable bonds is 4. The normalized spacial score (nSPS) is 10.6. The average molecular weight is 261 g/mol. The summed E-state index contributed by atoms with van der Waals surface area (Å²) >= 11 is 0. The van der Waals surface area contributed by atoms with E-state index in [9.17, 15) is 14.7 Å². The van der Waals surface area contributed by atoms with Crippen molar-refractivity contribution in [3.05, 3.63) is 34.7 Å². The zero-order chi connectivity index (χ0) is 13.8. The van der Waals surface area contributed by atoms with Crippen molar-refractivity contribution in [2.75, 3.05) is 5.32 Å². The van der Waals surface area contributed by atoms with Gasteiger partial charge >= 0.3 is 5.63 Å². The molecule has 1 heterocycles. The lowest BCUT2D eigenvalue weighted by Gasteiger charge is -2.07. The Hall–Kier alpha value is -2.30. The Morgan fingerprint density at radius 3 is 2.84 bits per heavy atom. The highest BCUT2D eigenvalue weighted by Crippen LogP contribution is 2.29. The summed E-state index contributed by atoms with van der Waals surface area (Å²) in [4.78, 5) is 23.3. The Kier molecular flexibility index (Phi) is 3.85. The molecule has 0 fully saturated rings. The van der Waals surface area contributed by atoms with Gasteiger partial charge in [-0.15, -0.1) is 0 Å². The molecule has 0 saturated carbocycles. The molecule has 19 heavy (non-hydrogen) atoms. The SMILES string of the molecule is CCCCC(=O)Nc1c(O)c2ccccc2oc1=O.